The third kappa shape index (κ3) is 3.48. The molecule has 1 N–H and O–H groups in total. The molecule has 0 bridgehead atoms. The minimum Gasteiger partial charge on any atom is -0.422 e. The number of amides is 1. The average molecular weight is 351 g/mol. The van der Waals surface area contributed by atoms with Gasteiger partial charge in [0, 0.05) is 23.1 Å². The number of carbonyl (C=O) groups is 1. The standard InChI is InChI=1S/C18H13N3O5/c1-11(15-10-13-4-2-3-5-16(13)26-18(15)23)19-20-17(22)12-6-8-14(9-7-12)21(24)25/h2-10H,1H3,(H,20,22). The fourth-order valence-electron chi connectivity index (χ4n) is 2.31. The van der Waals surface area contributed by atoms with E-state index >= 15 is 0 Å². The Labute approximate surface area is 146 Å². The minimum atomic E-state index is -0.561. The van der Waals surface area contributed by atoms with Crippen LogP contribution in [-0.2, 0) is 0 Å². The number of carbonyl (C=O) groups excluding carboxylic acids is 1. The summed E-state index contributed by atoms with van der Waals surface area (Å²) in [5, 5.41) is 15.3. The highest BCUT2D eigenvalue weighted by atomic mass is 16.6. The normalized spacial score (nSPS) is 11.3. The van der Waals surface area contributed by atoms with Crippen molar-refractivity contribution in [3.63, 3.8) is 0 Å². The summed E-state index contributed by atoms with van der Waals surface area (Å²) in [5.41, 5.74) is 2.82. The van der Waals surface area contributed by atoms with Gasteiger partial charge in [-0.25, -0.2) is 10.2 Å². The van der Waals surface area contributed by atoms with Crippen molar-refractivity contribution in [1.82, 2.24) is 5.43 Å². The lowest BCUT2D eigenvalue weighted by molar-refractivity contribution is -0.384. The van der Waals surface area contributed by atoms with Crippen LogP contribution in [0.25, 0.3) is 11.0 Å². The molecule has 0 unspecified atom stereocenters. The number of hydrogen-bond donors (Lipinski definition) is 1. The van der Waals surface area contributed by atoms with Crippen LogP contribution in [0.15, 0.2) is 68.9 Å². The van der Waals surface area contributed by atoms with Crippen LogP contribution in [0.2, 0.25) is 0 Å². The van der Waals surface area contributed by atoms with E-state index in [1.807, 2.05) is 6.07 Å². The predicted molar refractivity (Wildman–Crippen MR) is 95.3 cm³/mol. The first kappa shape index (κ1) is 17.0. The highest BCUT2D eigenvalue weighted by Gasteiger charge is 2.11. The van der Waals surface area contributed by atoms with Crippen molar-refractivity contribution in [2.45, 2.75) is 6.92 Å². The van der Waals surface area contributed by atoms with E-state index in [-0.39, 0.29) is 22.5 Å². The van der Waals surface area contributed by atoms with Crippen molar-refractivity contribution < 1.29 is 14.1 Å². The quantitative estimate of drug-likeness (QED) is 0.336. The van der Waals surface area contributed by atoms with Gasteiger partial charge in [0.15, 0.2) is 0 Å². The van der Waals surface area contributed by atoms with Gasteiger partial charge in [0.2, 0.25) is 0 Å². The van der Waals surface area contributed by atoms with Gasteiger partial charge in [0.25, 0.3) is 11.6 Å². The lowest BCUT2D eigenvalue weighted by atomic mass is 10.1. The van der Waals surface area contributed by atoms with E-state index in [1.54, 1.807) is 31.2 Å². The van der Waals surface area contributed by atoms with Gasteiger partial charge in [-0.05, 0) is 31.2 Å². The minimum absolute atomic E-state index is 0.116. The SMILES string of the molecule is CC(=NNC(=O)c1ccc([N+](=O)[O-])cc1)c1cc2ccccc2oc1=O. The number of nitro benzene ring substituents is 1. The predicted octanol–water partition coefficient (Wildman–Crippen LogP) is 2.86. The second-order valence-corrected chi connectivity index (χ2v) is 5.43. The van der Waals surface area contributed by atoms with Crippen LogP contribution in [-0.4, -0.2) is 16.5 Å². The zero-order valence-electron chi connectivity index (χ0n) is 13.6. The van der Waals surface area contributed by atoms with E-state index in [0.717, 1.165) is 5.39 Å². The molecule has 0 aliphatic rings. The van der Waals surface area contributed by atoms with Gasteiger partial charge in [-0.15, -0.1) is 0 Å². The molecule has 1 aromatic heterocycles. The maximum absolute atomic E-state index is 12.1. The second kappa shape index (κ2) is 6.98. The van der Waals surface area contributed by atoms with Crippen molar-refractivity contribution in [3.8, 4) is 0 Å². The van der Waals surface area contributed by atoms with Gasteiger partial charge >= 0.3 is 5.63 Å². The van der Waals surface area contributed by atoms with Crippen LogP contribution < -0.4 is 11.1 Å². The Bertz CT molecular complexity index is 1080. The zero-order valence-corrected chi connectivity index (χ0v) is 13.6. The molecule has 26 heavy (non-hydrogen) atoms. The van der Waals surface area contributed by atoms with E-state index in [9.17, 15) is 19.7 Å². The molecular weight excluding hydrogens is 338 g/mol. The van der Waals surface area contributed by atoms with Crippen molar-refractivity contribution in [2.75, 3.05) is 0 Å². The van der Waals surface area contributed by atoms with Gasteiger partial charge in [-0.3, -0.25) is 14.9 Å². The van der Waals surface area contributed by atoms with Crippen LogP contribution in [0.3, 0.4) is 0 Å². The fourth-order valence-corrected chi connectivity index (χ4v) is 2.31. The molecule has 8 heteroatoms. The average Bonchev–Trinajstić information content (AvgIpc) is 2.65. The first-order valence-corrected chi connectivity index (χ1v) is 7.58. The molecule has 3 rings (SSSR count). The van der Waals surface area contributed by atoms with E-state index < -0.39 is 16.5 Å². The van der Waals surface area contributed by atoms with Crippen LogP contribution >= 0.6 is 0 Å². The van der Waals surface area contributed by atoms with Crippen LogP contribution in [0, 0.1) is 10.1 Å². The number of non-ortho nitro benzene ring substituents is 1. The molecule has 0 aliphatic carbocycles. The number of hydrogen-bond acceptors (Lipinski definition) is 6. The number of nitrogens with one attached hydrogen (secondary N) is 1. The Morgan fingerprint density at radius 1 is 1.15 bits per heavy atom. The largest absolute Gasteiger partial charge is 0.422 e. The Hall–Kier alpha value is -3.81. The monoisotopic (exact) mass is 351 g/mol. The Balaban J connectivity index is 1.81. The van der Waals surface area contributed by atoms with E-state index in [1.165, 1.54) is 24.3 Å². The molecule has 0 fully saturated rings. The molecule has 8 nitrogen and oxygen atoms in total. The van der Waals surface area contributed by atoms with E-state index in [0.29, 0.717) is 5.58 Å². The van der Waals surface area contributed by atoms with Crippen LogP contribution in [0.1, 0.15) is 22.8 Å². The van der Waals surface area contributed by atoms with Gasteiger partial charge in [-0.2, -0.15) is 5.10 Å². The van der Waals surface area contributed by atoms with Gasteiger partial charge in [0.1, 0.15) is 5.58 Å². The third-order valence-electron chi connectivity index (χ3n) is 3.70. The zero-order chi connectivity index (χ0) is 18.7. The summed E-state index contributed by atoms with van der Waals surface area (Å²) in [7, 11) is 0. The van der Waals surface area contributed by atoms with Crippen molar-refractivity contribution in [3.05, 3.63) is 86.3 Å². The molecule has 1 heterocycles. The molecular formula is C18H13N3O5. The van der Waals surface area contributed by atoms with E-state index in [2.05, 4.69) is 10.5 Å². The fraction of sp³-hybridized carbons (Fsp3) is 0.0556. The Morgan fingerprint density at radius 3 is 2.54 bits per heavy atom. The summed E-state index contributed by atoms with van der Waals surface area (Å²) < 4.78 is 5.23. The van der Waals surface area contributed by atoms with Crippen LogP contribution in [0.5, 0.6) is 0 Å². The van der Waals surface area contributed by atoms with Crippen LogP contribution in [0.4, 0.5) is 5.69 Å². The Kier molecular flexibility index (Phi) is 4.57. The number of hydrazone groups is 1. The lowest BCUT2D eigenvalue weighted by Crippen LogP contribution is -2.21. The molecule has 1 amide bonds. The summed E-state index contributed by atoms with van der Waals surface area (Å²) in [6.07, 6.45) is 0. The maximum Gasteiger partial charge on any atom is 0.345 e. The van der Waals surface area contributed by atoms with Gasteiger partial charge in [0.05, 0.1) is 16.2 Å². The maximum atomic E-state index is 12.1. The number of rotatable bonds is 4. The van der Waals surface area contributed by atoms with Crippen molar-refractivity contribution in [1.29, 1.82) is 0 Å². The number of benzene rings is 2. The highest BCUT2D eigenvalue weighted by molar-refractivity contribution is 6.02. The van der Waals surface area contributed by atoms with Crippen molar-refractivity contribution in [2.24, 2.45) is 5.10 Å². The molecule has 0 aliphatic heterocycles. The Morgan fingerprint density at radius 2 is 1.85 bits per heavy atom. The van der Waals surface area contributed by atoms with Gasteiger partial charge in [-0.1, -0.05) is 18.2 Å². The highest BCUT2D eigenvalue weighted by Crippen LogP contribution is 2.13. The molecule has 130 valence electrons. The summed E-state index contributed by atoms with van der Waals surface area (Å²) >= 11 is 0. The number of nitrogens with zero attached hydrogens (tertiary/aromatic N) is 2. The molecule has 0 spiro atoms. The summed E-state index contributed by atoms with van der Waals surface area (Å²) in [6.45, 7) is 1.57. The molecule has 3 aromatic rings. The van der Waals surface area contributed by atoms with E-state index in [4.69, 9.17) is 4.42 Å². The number of fused-ring (bicyclic) bond motifs is 1. The van der Waals surface area contributed by atoms with Gasteiger partial charge < -0.3 is 4.42 Å². The smallest absolute Gasteiger partial charge is 0.345 e. The topological polar surface area (TPSA) is 115 Å². The molecule has 0 saturated heterocycles. The number of para-hydroxylation sites is 1. The summed E-state index contributed by atoms with van der Waals surface area (Å²) in [5.74, 6) is -0.551. The second-order valence-electron chi connectivity index (χ2n) is 5.43. The molecule has 2 aromatic carbocycles. The molecule has 0 atom stereocenters. The molecule has 0 saturated carbocycles. The first-order chi connectivity index (χ1) is 12.5. The molecule has 0 radical (unpaired) electrons. The summed E-state index contributed by atoms with van der Waals surface area (Å²) in [6, 6.07) is 13.8. The lowest BCUT2D eigenvalue weighted by Gasteiger charge is -2.03. The van der Waals surface area contributed by atoms with Crippen molar-refractivity contribution >= 4 is 28.3 Å². The third-order valence-corrected chi connectivity index (χ3v) is 3.70. The summed E-state index contributed by atoms with van der Waals surface area (Å²) in [4.78, 5) is 34.2. The first-order valence-electron chi connectivity index (χ1n) is 7.58. The number of nitro groups is 1.